The molecule has 1 saturated heterocycles. The maximum Gasteiger partial charge on any atom is 0.141 e. The van der Waals surface area contributed by atoms with E-state index in [-0.39, 0.29) is 0 Å². The van der Waals surface area contributed by atoms with Crippen molar-refractivity contribution in [3.05, 3.63) is 22.4 Å². The van der Waals surface area contributed by atoms with E-state index in [1.54, 1.807) is 0 Å². The highest BCUT2D eigenvalue weighted by atomic mass is 16.5. The van der Waals surface area contributed by atoms with Crippen molar-refractivity contribution in [2.24, 2.45) is 0 Å². The molecule has 3 rings (SSSR count). The van der Waals surface area contributed by atoms with Gasteiger partial charge in [0, 0.05) is 18.2 Å². The highest BCUT2D eigenvalue weighted by Gasteiger charge is 2.27. The van der Waals surface area contributed by atoms with Crippen LogP contribution in [0.1, 0.15) is 60.4 Å². The molecule has 1 aliphatic carbocycles. The number of aromatic nitrogens is 1. The Labute approximate surface area is 119 Å². The lowest BCUT2D eigenvalue weighted by molar-refractivity contribution is 0.193. The van der Waals surface area contributed by atoms with Gasteiger partial charge < -0.3 is 10.5 Å². The third kappa shape index (κ3) is 2.38. The Balaban J connectivity index is 2.14. The summed E-state index contributed by atoms with van der Waals surface area (Å²) in [6.45, 7) is 1.50. The van der Waals surface area contributed by atoms with Gasteiger partial charge in [0.05, 0.1) is 12.2 Å². The summed E-state index contributed by atoms with van der Waals surface area (Å²) in [6.07, 6.45) is 7.91. The summed E-state index contributed by atoms with van der Waals surface area (Å²) < 4.78 is 5.53. The number of pyridine rings is 1. The lowest BCUT2D eigenvalue weighted by Crippen LogP contribution is -2.15. The van der Waals surface area contributed by atoms with E-state index in [0.717, 1.165) is 37.1 Å². The fraction of sp³-hybridized carbons (Fsp3) is 0.625. The van der Waals surface area contributed by atoms with E-state index < -0.39 is 0 Å². The summed E-state index contributed by atoms with van der Waals surface area (Å²) in [5, 5.41) is 9.48. The predicted molar refractivity (Wildman–Crippen MR) is 77.4 cm³/mol. The Kier molecular flexibility index (Phi) is 3.88. The van der Waals surface area contributed by atoms with Crippen molar-refractivity contribution < 1.29 is 4.74 Å². The number of anilines is 1. The number of nitrogens with two attached hydrogens (primary N) is 1. The lowest BCUT2D eigenvalue weighted by Gasteiger charge is -2.22. The van der Waals surface area contributed by atoms with Crippen LogP contribution in [0.25, 0.3) is 0 Å². The SMILES string of the molecule is N#Cc1c(N)nc2c(c1C1CCOC1)CCCCCC2. The minimum absolute atomic E-state index is 0.322. The van der Waals surface area contributed by atoms with Crippen LogP contribution in [0.5, 0.6) is 0 Å². The van der Waals surface area contributed by atoms with Crippen molar-refractivity contribution in [2.75, 3.05) is 18.9 Å². The second-order valence-corrected chi connectivity index (χ2v) is 5.80. The van der Waals surface area contributed by atoms with Gasteiger partial charge in [0.25, 0.3) is 0 Å². The van der Waals surface area contributed by atoms with Gasteiger partial charge >= 0.3 is 0 Å². The van der Waals surface area contributed by atoms with Crippen LogP contribution in [0.2, 0.25) is 0 Å². The number of nitriles is 1. The molecular weight excluding hydrogens is 250 g/mol. The molecule has 20 heavy (non-hydrogen) atoms. The maximum atomic E-state index is 9.48. The summed E-state index contributed by atoms with van der Waals surface area (Å²) in [7, 11) is 0. The van der Waals surface area contributed by atoms with E-state index in [9.17, 15) is 5.26 Å². The zero-order valence-electron chi connectivity index (χ0n) is 11.8. The van der Waals surface area contributed by atoms with Crippen LogP contribution in [-0.2, 0) is 17.6 Å². The third-order valence-electron chi connectivity index (χ3n) is 4.49. The summed E-state index contributed by atoms with van der Waals surface area (Å²) >= 11 is 0. The molecule has 1 atom stereocenters. The molecule has 2 heterocycles. The summed E-state index contributed by atoms with van der Waals surface area (Å²) in [5.74, 6) is 0.733. The molecule has 0 radical (unpaired) electrons. The zero-order chi connectivity index (χ0) is 13.9. The summed E-state index contributed by atoms with van der Waals surface area (Å²) in [4.78, 5) is 4.53. The van der Waals surface area contributed by atoms with E-state index >= 15 is 0 Å². The first-order valence-corrected chi connectivity index (χ1v) is 7.60. The quantitative estimate of drug-likeness (QED) is 0.852. The van der Waals surface area contributed by atoms with Crippen molar-refractivity contribution in [3.63, 3.8) is 0 Å². The van der Waals surface area contributed by atoms with Crippen molar-refractivity contribution in [1.29, 1.82) is 5.26 Å². The molecule has 0 aromatic carbocycles. The molecule has 2 aliphatic rings. The second-order valence-electron chi connectivity index (χ2n) is 5.80. The third-order valence-corrected chi connectivity index (χ3v) is 4.49. The highest BCUT2D eigenvalue weighted by molar-refractivity contribution is 5.59. The standard InChI is InChI=1S/C16H21N3O/c17-9-13-15(11-7-8-20-10-11)12-5-3-1-2-4-6-14(12)19-16(13)18/h11H,1-8,10H2,(H2,18,19). The Hall–Kier alpha value is -1.60. The molecular formula is C16H21N3O. The Bertz CT molecular complexity index is 542. The van der Waals surface area contributed by atoms with Crippen LogP contribution >= 0.6 is 0 Å². The lowest BCUT2D eigenvalue weighted by atomic mass is 9.84. The molecule has 1 aromatic heterocycles. The minimum atomic E-state index is 0.322. The molecule has 106 valence electrons. The first-order valence-electron chi connectivity index (χ1n) is 7.60. The zero-order valence-corrected chi connectivity index (χ0v) is 11.8. The van der Waals surface area contributed by atoms with Crippen molar-refractivity contribution in [2.45, 2.75) is 50.9 Å². The Morgan fingerprint density at radius 3 is 2.70 bits per heavy atom. The van der Waals surface area contributed by atoms with Gasteiger partial charge in [-0.1, -0.05) is 12.8 Å². The number of fused-ring (bicyclic) bond motifs is 1. The van der Waals surface area contributed by atoms with Crippen LogP contribution in [0.15, 0.2) is 0 Å². The number of aryl methyl sites for hydroxylation is 1. The number of nitrogens with zero attached hydrogens (tertiary/aromatic N) is 2. The molecule has 1 unspecified atom stereocenters. The van der Waals surface area contributed by atoms with Crippen LogP contribution in [0, 0.1) is 11.3 Å². The molecule has 0 saturated carbocycles. The summed E-state index contributed by atoms with van der Waals surface area (Å²) in [6, 6.07) is 2.28. The maximum absolute atomic E-state index is 9.48. The average molecular weight is 271 g/mol. The van der Waals surface area contributed by atoms with Crippen LogP contribution in [0.3, 0.4) is 0 Å². The highest BCUT2D eigenvalue weighted by Crippen LogP contribution is 2.36. The number of rotatable bonds is 1. The molecule has 4 nitrogen and oxygen atoms in total. The molecule has 2 N–H and O–H groups in total. The summed E-state index contributed by atoms with van der Waals surface area (Å²) in [5.41, 5.74) is 10.2. The Morgan fingerprint density at radius 2 is 2.00 bits per heavy atom. The second kappa shape index (κ2) is 5.80. The van der Waals surface area contributed by atoms with Crippen LogP contribution in [-0.4, -0.2) is 18.2 Å². The van der Waals surface area contributed by atoms with Gasteiger partial charge in [-0.15, -0.1) is 0 Å². The van der Waals surface area contributed by atoms with Crippen molar-refractivity contribution >= 4 is 5.82 Å². The molecule has 0 bridgehead atoms. The average Bonchev–Trinajstić information content (AvgIpc) is 2.93. The van der Waals surface area contributed by atoms with E-state index in [2.05, 4.69) is 11.1 Å². The molecule has 1 aliphatic heterocycles. The monoisotopic (exact) mass is 271 g/mol. The number of hydrogen-bond donors (Lipinski definition) is 1. The van der Waals surface area contributed by atoms with Gasteiger partial charge in [0.1, 0.15) is 11.9 Å². The normalized spacial score (nSPS) is 22.6. The van der Waals surface area contributed by atoms with Gasteiger partial charge in [-0.05, 0) is 43.2 Å². The van der Waals surface area contributed by atoms with E-state index in [0.29, 0.717) is 23.9 Å². The van der Waals surface area contributed by atoms with Gasteiger partial charge in [-0.2, -0.15) is 5.26 Å². The van der Waals surface area contributed by atoms with E-state index in [1.807, 2.05) is 0 Å². The fourth-order valence-electron chi connectivity index (χ4n) is 3.48. The smallest absolute Gasteiger partial charge is 0.141 e. The first kappa shape index (κ1) is 13.4. The fourth-order valence-corrected chi connectivity index (χ4v) is 3.48. The van der Waals surface area contributed by atoms with Gasteiger partial charge in [0.2, 0.25) is 0 Å². The molecule has 0 spiro atoms. The van der Waals surface area contributed by atoms with E-state index in [4.69, 9.17) is 10.5 Å². The molecule has 0 amide bonds. The first-order chi connectivity index (χ1) is 9.81. The number of hydrogen-bond acceptors (Lipinski definition) is 4. The molecule has 1 fully saturated rings. The van der Waals surface area contributed by atoms with Crippen LogP contribution in [0.4, 0.5) is 5.82 Å². The van der Waals surface area contributed by atoms with Gasteiger partial charge in [-0.25, -0.2) is 4.98 Å². The van der Waals surface area contributed by atoms with Gasteiger partial charge in [0.15, 0.2) is 0 Å². The predicted octanol–water partition coefficient (Wildman–Crippen LogP) is 2.70. The van der Waals surface area contributed by atoms with Crippen molar-refractivity contribution in [3.8, 4) is 6.07 Å². The molecule has 4 heteroatoms. The Morgan fingerprint density at radius 1 is 1.20 bits per heavy atom. The topological polar surface area (TPSA) is 71.9 Å². The largest absolute Gasteiger partial charge is 0.383 e. The number of ether oxygens (including phenoxy) is 1. The molecule has 1 aromatic rings. The number of nitrogen functional groups attached to an aromatic ring is 1. The van der Waals surface area contributed by atoms with Crippen molar-refractivity contribution in [1.82, 2.24) is 4.98 Å². The van der Waals surface area contributed by atoms with E-state index in [1.165, 1.54) is 31.2 Å². The van der Waals surface area contributed by atoms with Crippen LogP contribution < -0.4 is 5.73 Å². The van der Waals surface area contributed by atoms with Gasteiger partial charge in [-0.3, -0.25) is 0 Å². The minimum Gasteiger partial charge on any atom is -0.383 e.